The molecule has 1 unspecified atom stereocenters. The van der Waals surface area contributed by atoms with Crippen molar-refractivity contribution in [2.45, 2.75) is 12.3 Å². The number of para-hydroxylation sites is 1. The SMILES string of the molecule is COc1ccc(C2CCN(c3cc(C(=O)N4CCOCC4)c4ccccc4n3)C2)cc1. The molecule has 0 saturated carbocycles. The Morgan fingerprint density at radius 2 is 1.84 bits per heavy atom. The molecule has 0 N–H and O–H groups in total. The van der Waals surface area contributed by atoms with Crippen molar-refractivity contribution in [1.82, 2.24) is 9.88 Å². The number of aromatic nitrogens is 1. The van der Waals surface area contributed by atoms with Gasteiger partial charge in [0.15, 0.2) is 0 Å². The zero-order valence-electron chi connectivity index (χ0n) is 17.8. The van der Waals surface area contributed by atoms with Crippen molar-refractivity contribution in [1.29, 1.82) is 0 Å². The molecule has 3 heterocycles. The van der Waals surface area contributed by atoms with E-state index in [1.807, 2.05) is 47.4 Å². The lowest BCUT2D eigenvalue weighted by atomic mass is 9.98. The molecule has 0 radical (unpaired) electrons. The van der Waals surface area contributed by atoms with Crippen LogP contribution in [0.2, 0.25) is 0 Å². The Morgan fingerprint density at radius 3 is 2.61 bits per heavy atom. The number of anilines is 1. The number of ether oxygens (including phenoxy) is 2. The van der Waals surface area contributed by atoms with Crippen LogP contribution in [0.1, 0.15) is 28.3 Å². The highest BCUT2D eigenvalue weighted by Crippen LogP contribution is 2.33. The zero-order chi connectivity index (χ0) is 21.2. The van der Waals surface area contributed by atoms with Crippen molar-refractivity contribution in [3.63, 3.8) is 0 Å². The summed E-state index contributed by atoms with van der Waals surface area (Å²) in [4.78, 5) is 22.4. The van der Waals surface area contributed by atoms with Gasteiger partial charge in [0.2, 0.25) is 0 Å². The van der Waals surface area contributed by atoms with Gasteiger partial charge in [-0.05, 0) is 36.2 Å². The average Bonchev–Trinajstić information content (AvgIpc) is 3.34. The van der Waals surface area contributed by atoms with E-state index < -0.39 is 0 Å². The number of morpholine rings is 1. The molecule has 6 nitrogen and oxygen atoms in total. The molecule has 1 atom stereocenters. The van der Waals surface area contributed by atoms with E-state index in [-0.39, 0.29) is 5.91 Å². The lowest BCUT2D eigenvalue weighted by molar-refractivity contribution is 0.0304. The molecule has 31 heavy (non-hydrogen) atoms. The smallest absolute Gasteiger partial charge is 0.254 e. The molecule has 1 aromatic heterocycles. The van der Waals surface area contributed by atoms with Gasteiger partial charge in [-0.25, -0.2) is 4.98 Å². The first-order valence-electron chi connectivity index (χ1n) is 10.9. The molecule has 160 valence electrons. The average molecular weight is 418 g/mol. The molecule has 0 spiro atoms. The highest BCUT2D eigenvalue weighted by molar-refractivity contribution is 6.07. The van der Waals surface area contributed by atoms with Crippen molar-refractivity contribution in [2.24, 2.45) is 0 Å². The maximum Gasteiger partial charge on any atom is 0.254 e. The van der Waals surface area contributed by atoms with E-state index in [4.69, 9.17) is 14.5 Å². The van der Waals surface area contributed by atoms with Crippen LogP contribution in [0.5, 0.6) is 5.75 Å². The van der Waals surface area contributed by atoms with Crippen molar-refractivity contribution < 1.29 is 14.3 Å². The van der Waals surface area contributed by atoms with Gasteiger partial charge in [-0.15, -0.1) is 0 Å². The fourth-order valence-electron chi connectivity index (χ4n) is 4.55. The Morgan fingerprint density at radius 1 is 1.06 bits per heavy atom. The quantitative estimate of drug-likeness (QED) is 0.648. The van der Waals surface area contributed by atoms with Gasteiger partial charge in [-0.3, -0.25) is 4.79 Å². The van der Waals surface area contributed by atoms with E-state index in [1.54, 1.807) is 7.11 Å². The summed E-state index contributed by atoms with van der Waals surface area (Å²) in [5.41, 5.74) is 2.91. The Kier molecular flexibility index (Phi) is 5.47. The number of amides is 1. The van der Waals surface area contributed by atoms with Gasteiger partial charge in [-0.2, -0.15) is 0 Å². The van der Waals surface area contributed by atoms with E-state index in [9.17, 15) is 4.79 Å². The molecule has 3 aromatic rings. The van der Waals surface area contributed by atoms with E-state index in [0.717, 1.165) is 47.5 Å². The molecule has 1 amide bonds. The van der Waals surface area contributed by atoms with Crippen molar-refractivity contribution in [2.75, 3.05) is 51.4 Å². The minimum atomic E-state index is 0.0639. The lowest BCUT2D eigenvalue weighted by Crippen LogP contribution is -2.40. The van der Waals surface area contributed by atoms with E-state index in [1.165, 1.54) is 5.56 Å². The monoisotopic (exact) mass is 417 g/mol. The summed E-state index contributed by atoms with van der Waals surface area (Å²) < 4.78 is 10.7. The highest BCUT2D eigenvalue weighted by atomic mass is 16.5. The maximum atomic E-state index is 13.3. The number of fused-ring (bicyclic) bond motifs is 1. The second-order valence-electron chi connectivity index (χ2n) is 8.15. The Bertz CT molecular complexity index is 1080. The van der Waals surface area contributed by atoms with Crippen LogP contribution in [0.3, 0.4) is 0 Å². The zero-order valence-corrected chi connectivity index (χ0v) is 17.8. The number of hydrogen-bond donors (Lipinski definition) is 0. The third-order valence-corrected chi connectivity index (χ3v) is 6.33. The van der Waals surface area contributed by atoms with Crippen LogP contribution in [0.4, 0.5) is 5.82 Å². The van der Waals surface area contributed by atoms with Crippen molar-refractivity contribution >= 4 is 22.6 Å². The van der Waals surface area contributed by atoms with Crippen LogP contribution in [0.25, 0.3) is 10.9 Å². The van der Waals surface area contributed by atoms with Gasteiger partial charge in [0.05, 0.1) is 31.4 Å². The van der Waals surface area contributed by atoms with Crippen LogP contribution in [0.15, 0.2) is 54.6 Å². The number of pyridine rings is 1. The van der Waals surface area contributed by atoms with E-state index in [2.05, 4.69) is 17.0 Å². The highest BCUT2D eigenvalue weighted by Gasteiger charge is 2.27. The maximum absolute atomic E-state index is 13.3. The number of nitrogens with zero attached hydrogens (tertiary/aromatic N) is 3. The first kappa shape index (κ1) is 19.8. The minimum absolute atomic E-state index is 0.0639. The van der Waals surface area contributed by atoms with Gasteiger partial charge >= 0.3 is 0 Å². The van der Waals surface area contributed by atoms with Crippen LogP contribution >= 0.6 is 0 Å². The fraction of sp³-hybridized carbons (Fsp3) is 0.360. The number of benzene rings is 2. The summed E-state index contributed by atoms with van der Waals surface area (Å²) in [6.07, 6.45) is 1.06. The summed E-state index contributed by atoms with van der Waals surface area (Å²) in [5.74, 6) is 2.26. The standard InChI is InChI=1S/C25H27N3O3/c1-30-20-8-6-18(7-9-20)19-10-11-28(17-19)24-16-22(21-4-2-3-5-23(21)26-24)25(29)27-12-14-31-15-13-27/h2-9,16,19H,10-15,17H2,1H3. The first-order chi connectivity index (χ1) is 15.2. The molecule has 2 saturated heterocycles. The predicted octanol–water partition coefficient (Wildman–Crippen LogP) is 3.71. The lowest BCUT2D eigenvalue weighted by Gasteiger charge is -2.28. The second-order valence-corrected chi connectivity index (χ2v) is 8.15. The van der Waals surface area contributed by atoms with Crippen LogP contribution in [-0.4, -0.2) is 62.3 Å². The Balaban J connectivity index is 1.44. The molecule has 5 rings (SSSR count). The molecule has 2 fully saturated rings. The number of hydrogen-bond acceptors (Lipinski definition) is 5. The molecule has 2 aliphatic heterocycles. The Hall–Kier alpha value is -3.12. The second kappa shape index (κ2) is 8.55. The molecule has 6 heteroatoms. The van der Waals surface area contributed by atoms with Crippen LogP contribution < -0.4 is 9.64 Å². The summed E-state index contributed by atoms with van der Waals surface area (Å²) in [5, 5.41) is 0.911. The largest absolute Gasteiger partial charge is 0.497 e. The number of carbonyl (C=O) groups is 1. The van der Waals surface area contributed by atoms with E-state index in [0.29, 0.717) is 32.2 Å². The molecule has 2 aromatic carbocycles. The van der Waals surface area contributed by atoms with Gasteiger partial charge in [0.1, 0.15) is 11.6 Å². The van der Waals surface area contributed by atoms with Crippen molar-refractivity contribution in [3.8, 4) is 5.75 Å². The molecule has 0 bridgehead atoms. The summed E-state index contributed by atoms with van der Waals surface area (Å²) >= 11 is 0. The summed E-state index contributed by atoms with van der Waals surface area (Å²) in [7, 11) is 1.69. The number of rotatable bonds is 4. The molecular formula is C25H27N3O3. The summed E-state index contributed by atoms with van der Waals surface area (Å²) in [6.45, 7) is 4.27. The van der Waals surface area contributed by atoms with Gasteiger partial charge < -0.3 is 19.3 Å². The van der Waals surface area contributed by atoms with E-state index >= 15 is 0 Å². The fourth-order valence-corrected chi connectivity index (χ4v) is 4.55. The number of methoxy groups -OCH3 is 1. The Labute approximate surface area is 182 Å². The third-order valence-electron chi connectivity index (χ3n) is 6.33. The van der Waals surface area contributed by atoms with Gasteiger partial charge in [0, 0.05) is 37.5 Å². The molecular weight excluding hydrogens is 390 g/mol. The predicted molar refractivity (Wildman–Crippen MR) is 121 cm³/mol. The molecule has 2 aliphatic rings. The minimum Gasteiger partial charge on any atom is -0.497 e. The van der Waals surface area contributed by atoms with Crippen molar-refractivity contribution in [3.05, 3.63) is 65.7 Å². The summed E-state index contributed by atoms with van der Waals surface area (Å²) in [6, 6.07) is 18.2. The number of carbonyl (C=O) groups excluding carboxylic acids is 1. The van der Waals surface area contributed by atoms with Gasteiger partial charge in [0.25, 0.3) is 5.91 Å². The third kappa shape index (κ3) is 3.95. The van der Waals surface area contributed by atoms with Gasteiger partial charge in [-0.1, -0.05) is 30.3 Å². The van der Waals surface area contributed by atoms with Crippen LogP contribution in [-0.2, 0) is 4.74 Å². The topological polar surface area (TPSA) is 54.9 Å². The normalized spacial score (nSPS) is 19.1. The van der Waals surface area contributed by atoms with Crippen LogP contribution in [0, 0.1) is 0 Å². The molecule has 0 aliphatic carbocycles. The first-order valence-corrected chi connectivity index (χ1v) is 10.9.